The average Bonchev–Trinajstić information content (AvgIpc) is 3.37. The Morgan fingerprint density at radius 2 is 1.89 bits per heavy atom. The van der Waals surface area contributed by atoms with Gasteiger partial charge in [0.15, 0.2) is 5.82 Å². The molecule has 0 spiro atoms. The Kier molecular flexibility index (Phi) is 7.98. The standard InChI is InChI=1S/C28H29F2NO4/c1-2-18-8-5-10-23(27(18)29)20-13-21(17-35-25-11-4-3-7-19(25)15-26(32)33)28(30)24(14-20)31-16-22-9-6-12-34-22/h3-5,7-8,10-11,13-14,22,31H,2,6,9,12,15-17H2,1H3,(H,32,33). The normalized spacial score (nSPS) is 15.2. The fourth-order valence-corrected chi connectivity index (χ4v) is 4.29. The second-order valence-electron chi connectivity index (χ2n) is 8.61. The topological polar surface area (TPSA) is 67.8 Å². The average molecular weight is 482 g/mol. The van der Waals surface area contributed by atoms with Crippen LogP contribution in [-0.2, 0) is 29.0 Å². The van der Waals surface area contributed by atoms with E-state index in [-0.39, 0.29) is 36.2 Å². The van der Waals surface area contributed by atoms with Crippen molar-refractivity contribution >= 4 is 11.7 Å². The molecule has 5 nitrogen and oxygen atoms in total. The number of hydrogen-bond donors (Lipinski definition) is 2. The van der Waals surface area contributed by atoms with E-state index < -0.39 is 11.8 Å². The Balaban J connectivity index is 1.67. The lowest BCUT2D eigenvalue weighted by Gasteiger charge is -2.18. The molecule has 184 valence electrons. The zero-order valence-electron chi connectivity index (χ0n) is 19.7. The van der Waals surface area contributed by atoms with Crippen LogP contribution in [0.15, 0.2) is 54.6 Å². The summed E-state index contributed by atoms with van der Waals surface area (Å²) >= 11 is 0. The minimum atomic E-state index is -0.985. The van der Waals surface area contributed by atoms with Gasteiger partial charge >= 0.3 is 5.97 Å². The lowest BCUT2D eigenvalue weighted by atomic mass is 9.98. The van der Waals surface area contributed by atoms with Crippen LogP contribution in [0.25, 0.3) is 11.1 Å². The number of nitrogens with one attached hydrogen (secondary N) is 1. The van der Waals surface area contributed by atoms with E-state index in [0.717, 1.165) is 12.8 Å². The molecule has 2 N–H and O–H groups in total. The molecule has 0 bridgehead atoms. The van der Waals surface area contributed by atoms with Crippen LogP contribution < -0.4 is 10.1 Å². The van der Waals surface area contributed by atoms with Crippen LogP contribution in [0.4, 0.5) is 14.5 Å². The van der Waals surface area contributed by atoms with Gasteiger partial charge in [0.25, 0.3) is 0 Å². The summed E-state index contributed by atoms with van der Waals surface area (Å²) < 4.78 is 42.2. The van der Waals surface area contributed by atoms with E-state index in [1.807, 2.05) is 6.92 Å². The van der Waals surface area contributed by atoms with E-state index in [1.54, 1.807) is 54.6 Å². The largest absolute Gasteiger partial charge is 0.488 e. The molecule has 3 aromatic rings. The number of aryl methyl sites for hydroxylation is 1. The maximum atomic E-state index is 15.5. The second kappa shape index (κ2) is 11.3. The number of halogens is 2. The predicted octanol–water partition coefficient (Wildman–Crippen LogP) is 5.99. The monoisotopic (exact) mass is 481 g/mol. The smallest absolute Gasteiger partial charge is 0.307 e. The van der Waals surface area contributed by atoms with Gasteiger partial charge in [-0.25, -0.2) is 8.78 Å². The molecule has 1 fully saturated rings. The molecule has 1 heterocycles. The second-order valence-corrected chi connectivity index (χ2v) is 8.61. The van der Waals surface area contributed by atoms with E-state index >= 15 is 8.78 Å². The van der Waals surface area contributed by atoms with E-state index in [1.165, 1.54) is 0 Å². The van der Waals surface area contributed by atoms with Crippen molar-refractivity contribution in [3.63, 3.8) is 0 Å². The lowest BCUT2D eigenvalue weighted by molar-refractivity contribution is -0.136. The number of carboxylic acid groups (broad SMARTS) is 1. The first kappa shape index (κ1) is 24.7. The highest BCUT2D eigenvalue weighted by atomic mass is 19.1. The Bertz CT molecular complexity index is 1190. The number of aliphatic carboxylic acids is 1. The molecule has 1 atom stereocenters. The lowest BCUT2D eigenvalue weighted by Crippen LogP contribution is -2.19. The van der Waals surface area contributed by atoms with Crippen LogP contribution in [-0.4, -0.2) is 30.3 Å². The first-order valence-electron chi connectivity index (χ1n) is 11.8. The number of carbonyl (C=O) groups is 1. The van der Waals surface area contributed by atoms with Gasteiger partial charge in [-0.05, 0) is 48.6 Å². The number of anilines is 1. The molecule has 0 aromatic heterocycles. The fraction of sp³-hybridized carbons (Fsp3) is 0.321. The van der Waals surface area contributed by atoms with E-state index in [4.69, 9.17) is 14.6 Å². The van der Waals surface area contributed by atoms with Crippen molar-refractivity contribution in [2.24, 2.45) is 0 Å². The van der Waals surface area contributed by atoms with Gasteiger partial charge in [-0.2, -0.15) is 0 Å². The number of rotatable bonds is 10. The third-order valence-corrected chi connectivity index (χ3v) is 6.16. The highest BCUT2D eigenvalue weighted by Gasteiger charge is 2.19. The third kappa shape index (κ3) is 5.98. The molecule has 0 radical (unpaired) electrons. The Labute approximate surface area is 203 Å². The van der Waals surface area contributed by atoms with Gasteiger partial charge < -0.3 is 19.9 Å². The van der Waals surface area contributed by atoms with Gasteiger partial charge in [0.05, 0.1) is 18.2 Å². The number of ether oxygens (including phenoxy) is 2. The number of carboxylic acids is 1. The number of para-hydroxylation sites is 1. The molecular formula is C28H29F2NO4. The van der Waals surface area contributed by atoms with Gasteiger partial charge in [-0.15, -0.1) is 0 Å². The Hall–Kier alpha value is -3.45. The van der Waals surface area contributed by atoms with Crippen molar-refractivity contribution in [3.8, 4) is 16.9 Å². The summed E-state index contributed by atoms with van der Waals surface area (Å²) in [6.45, 7) is 2.88. The minimum absolute atomic E-state index is 0.000747. The molecule has 0 saturated carbocycles. The van der Waals surface area contributed by atoms with E-state index in [0.29, 0.717) is 47.6 Å². The first-order valence-corrected chi connectivity index (χ1v) is 11.8. The Morgan fingerprint density at radius 3 is 2.63 bits per heavy atom. The minimum Gasteiger partial charge on any atom is -0.488 e. The van der Waals surface area contributed by atoms with Gasteiger partial charge in [0, 0.05) is 29.8 Å². The van der Waals surface area contributed by atoms with Crippen molar-refractivity contribution in [1.82, 2.24) is 0 Å². The molecular weight excluding hydrogens is 452 g/mol. The molecule has 3 aromatic carbocycles. The highest BCUT2D eigenvalue weighted by molar-refractivity contribution is 5.72. The van der Waals surface area contributed by atoms with Crippen LogP contribution in [0.1, 0.15) is 36.5 Å². The van der Waals surface area contributed by atoms with Gasteiger partial charge in [-0.3, -0.25) is 4.79 Å². The molecule has 1 unspecified atom stereocenters. The maximum Gasteiger partial charge on any atom is 0.307 e. The van der Waals surface area contributed by atoms with Gasteiger partial charge in [-0.1, -0.05) is 43.3 Å². The van der Waals surface area contributed by atoms with Gasteiger partial charge in [0.1, 0.15) is 18.2 Å². The fourth-order valence-electron chi connectivity index (χ4n) is 4.29. The molecule has 1 aliphatic heterocycles. The van der Waals surface area contributed by atoms with Crippen molar-refractivity contribution in [3.05, 3.63) is 82.9 Å². The highest BCUT2D eigenvalue weighted by Crippen LogP contribution is 2.32. The summed E-state index contributed by atoms with van der Waals surface area (Å²) in [5.41, 5.74) is 2.49. The van der Waals surface area contributed by atoms with Crippen molar-refractivity contribution in [1.29, 1.82) is 0 Å². The van der Waals surface area contributed by atoms with Crippen LogP contribution in [0.5, 0.6) is 5.75 Å². The van der Waals surface area contributed by atoms with Crippen LogP contribution in [0.2, 0.25) is 0 Å². The summed E-state index contributed by atoms with van der Waals surface area (Å²) in [5.74, 6) is -1.44. The molecule has 1 saturated heterocycles. The third-order valence-electron chi connectivity index (χ3n) is 6.16. The zero-order valence-corrected chi connectivity index (χ0v) is 19.7. The summed E-state index contributed by atoms with van der Waals surface area (Å²) in [6.07, 6.45) is 2.21. The SMILES string of the molecule is CCc1cccc(-c2cc(COc3ccccc3CC(=O)O)c(F)c(NCC3CCCO3)c2)c1F. The predicted molar refractivity (Wildman–Crippen MR) is 131 cm³/mol. The quantitative estimate of drug-likeness (QED) is 0.372. The van der Waals surface area contributed by atoms with Gasteiger partial charge in [0.2, 0.25) is 0 Å². The molecule has 7 heteroatoms. The molecule has 35 heavy (non-hydrogen) atoms. The van der Waals surface area contributed by atoms with Crippen LogP contribution >= 0.6 is 0 Å². The number of benzene rings is 3. The summed E-state index contributed by atoms with van der Waals surface area (Å²) in [7, 11) is 0. The van der Waals surface area contributed by atoms with Crippen LogP contribution in [0, 0.1) is 11.6 Å². The van der Waals surface area contributed by atoms with Crippen molar-refractivity contribution in [2.75, 3.05) is 18.5 Å². The summed E-state index contributed by atoms with van der Waals surface area (Å²) in [4.78, 5) is 11.2. The Morgan fingerprint density at radius 1 is 1.09 bits per heavy atom. The molecule has 4 rings (SSSR count). The molecule has 0 amide bonds. The zero-order chi connectivity index (χ0) is 24.8. The number of hydrogen-bond acceptors (Lipinski definition) is 4. The first-order chi connectivity index (χ1) is 17.0. The molecule has 0 aliphatic carbocycles. The summed E-state index contributed by atoms with van der Waals surface area (Å²) in [6, 6.07) is 15.2. The summed E-state index contributed by atoms with van der Waals surface area (Å²) in [5, 5.41) is 12.3. The van der Waals surface area contributed by atoms with E-state index in [9.17, 15) is 4.79 Å². The van der Waals surface area contributed by atoms with Crippen molar-refractivity contribution < 1.29 is 28.2 Å². The molecule has 1 aliphatic rings. The van der Waals surface area contributed by atoms with Crippen LogP contribution in [0.3, 0.4) is 0 Å². The van der Waals surface area contributed by atoms with E-state index in [2.05, 4.69) is 5.32 Å². The van der Waals surface area contributed by atoms with Crippen molar-refractivity contribution in [2.45, 2.75) is 45.3 Å². The maximum absolute atomic E-state index is 15.5.